The Kier molecular flexibility index (Phi) is 4.99. The van der Waals surface area contributed by atoms with E-state index >= 15 is 0 Å². The molecule has 2 N–H and O–H groups in total. The standard InChI is InChI=1S/C38H28N2/c1-23-19-21-29-27-13-6-8-17-32(27)39-37(29)34(23)31-16-10-15-26(25-11-4-3-5-12-25)36(31)35-24(2)20-22-30-28-14-7-9-18-33(28)40-38(30)35/h3-22,39-40H,1-2H3. The Balaban J connectivity index is 1.56. The summed E-state index contributed by atoms with van der Waals surface area (Å²) in [5.41, 5.74) is 14.7. The van der Waals surface area contributed by atoms with Crippen molar-refractivity contribution in [3.8, 4) is 33.4 Å². The number of aromatic nitrogens is 2. The van der Waals surface area contributed by atoms with Gasteiger partial charge in [-0.25, -0.2) is 0 Å². The number of hydrogen-bond donors (Lipinski definition) is 2. The molecule has 0 saturated carbocycles. The first-order valence-electron chi connectivity index (χ1n) is 13.9. The van der Waals surface area contributed by atoms with Crippen molar-refractivity contribution in [1.29, 1.82) is 0 Å². The molecule has 2 nitrogen and oxygen atoms in total. The summed E-state index contributed by atoms with van der Waals surface area (Å²) in [4.78, 5) is 7.60. The van der Waals surface area contributed by atoms with Crippen LogP contribution in [0.4, 0.5) is 0 Å². The quantitative estimate of drug-likeness (QED) is 0.236. The molecule has 0 atom stereocenters. The molecule has 0 aliphatic rings. The van der Waals surface area contributed by atoms with Gasteiger partial charge in [-0.05, 0) is 59.4 Å². The molecule has 0 aliphatic carbocycles. The molecule has 2 heterocycles. The van der Waals surface area contributed by atoms with Crippen molar-refractivity contribution in [2.45, 2.75) is 13.8 Å². The van der Waals surface area contributed by atoms with Crippen molar-refractivity contribution in [2.75, 3.05) is 0 Å². The van der Waals surface area contributed by atoms with Crippen LogP contribution in [0.25, 0.3) is 77.0 Å². The van der Waals surface area contributed by atoms with Gasteiger partial charge >= 0.3 is 0 Å². The van der Waals surface area contributed by atoms with Crippen molar-refractivity contribution >= 4 is 43.6 Å². The lowest BCUT2D eigenvalue weighted by Crippen LogP contribution is -1.96. The van der Waals surface area contributed by atoms with Gasteiger partial charge in [0.15, 0.2) is 0 Å². The minimum atomic E-state index is 1.16. The number of nitrogens with one attached hydrogen (secondary N) is 2. The molecule has 0 saturated heterocycles. The number of hydrogen-bond acceptors (Lipinski definition) is 0. The van der Waals surface area contributed by atoms with Gasteiger partial charge in [0, 0.05) is 43.7 Å². The van der Waals surface area contributed by atoms with Gasteiger partial charge in [-0.2, -0.15) is 0 Å². The molecule has 0 aliphatic heterocycles. The second-order valence-corrected chi connectivity index (χ2v) is 10.8. The van der Waals surface area contributed by atoms with Crippen LogP contribution >= 0.6 is 0 Å². The van der Waals surface area contributed by atoms with Crippen LogP contribution in [-0.2, 0) is 0 Å². The minimum absolute atomic E-state index is 1.16. The summed E-state index contributed by atoms with van der Waals surface area (Å²) in [6, 6.07) is 43.9. The van der Waals surface area contributed by atoms with Crippen LogP contribution in [0.2, 0.25) is 0 Å². The molecular formula is C38H28N2. The third-order valence-electron chi connectivity index (χ3n) is 8.45. The monoisotopic (exact) mass is 512 g/mol. The second kappa shape index (κ2) is 8.72. The van der Waals surface area contributed by atoms with E-state index in [2.05, 4.69) is 145 Å². The Morgan fingerprint density at radius 3 is 1.55 bits per heavy atom. The van der Waals surface area contributed by atoms with Gasteiger partial charge in [0.1, 0.15) is 0 Å². The zero-order valence-electron chi connectivity index (χ0n) is 22.5. The van der Waals surface area contributed by atoms with E-state index in [-0.39, 0.29) is 0 Å². The third kappa shape index (κ3) is 3.29. The van der Waals surface area contributed by atoms with Gasteiger partial charge < -0.3 is 9.97 Å². The van der Waals surface area contributed by atoms with E-state index in [9.17, 15) is 0 Å². The number of rotatable bonds is 3. The predicted octanol–water partition coefficient (Wildman–Crippen LogP) is 10.6. The number of para-hydroxylation sites is 2. The summed E-state index contributed by atoms with van der Waals surface area (Å²) in [6.07, 6.45) is 0. The fraction of sp³-hybridized carbons (Fsp3) is 0.0526. The largest absolute Gasteiger partial charge is 0.354 e. The molecule has 8 aromatic rings. The zero-order valence-corrected chi connectivity index (χ0v) is 22.5. The number of benzene rings is 6. The molecule has 0 radical (unpaired) electrons. The molecule has 0 amide bonds. The fourth-order valence-corrected chi connectivity index (χ4v) is 6.60. The number of fused-ring (bicyclic) bond motifs is 6. The molecule has 0 fully saturated rings. The summed E-state index contributed by atoms with van der Waals surface area (Å²) in [5.74, 6) is 0. The van der Waals surface area contributed by atoms with Crippen molar-refractivity contribution in [3.05, 3.63) is 132 Å². The maximum Gasteiger partial charge on any atom is 0.0547 e. The first-order valence-corrected chi connectivity index (χ1v) is 13.9. The average molecular weight is 513 g/mol. The minimum Gasteiger partial charge on any atom is -0.354 e. The van der Waals surface area contributed by atoms with Crippen LogP contribution in [0.15, 0.2) is 121 Å². The van der Waals surface area contributed by atoms with Crippen molar-refractivity contribution < 1.29 is 0 Å². The Labute approximate surface area is 232 Å². The molecule has 0 unspecified atom stereocenters. The summed E-state index contributed by atoms with van der Waals surface area (Å²) >= 11 is 0. The third-order valence-corrected chi connectivity index (χ3v) is 8.45. The van der Waals surface area contributed by atoms with Crippen LogP contribution in [0.3, 0.4) is 0 Å². The van der Waals surface area contributed by atoms with Crippen LogP contribution in [0.5, 0.6) is 0 Å². The van der Waals surface area contributed by atoms with Gasteiger partial charge in [-0.1, -0.05) is 109 Å². The highest BCUT2D eigenvalue weighted by Gasteiger charge is 2.22. The van der Waals surface area contributed by atoms with Crippen LogP contribution in [-0.4, -0.2) is 9.97 Å². The summed E-state index contributed by atoms with van der Waals surface area (Å²) < 4.78 is 0. The maximum atomic E-state index is 3.81. The van der Waals surface area contributed by atoms with E-state index in [1.54, 1.807) is 0 Å². The lowest BCUT2D eigenvalue weighted by atomic mass is 9.83. The molecule has 6 aromatic carbocycles. The summed E-state index contributed by atoms with van der Waals surface area (Å²) in [7, 11) is 0. The SMILES string of the molecule is Cc1ccc2c([nH]c3ccccc32)c1-c1cccc(-c2ccccc2)c1-c1c(C)ccc2c1[nH]c1ccccc12. The van der Waals surface area contributed by atoms with E-state index in [1.807, 2.05) is 0 Å². The Morgan fingerprint density at radius 2 is 0.900 bits per heavy atom. The number of H-pyrrole nitrogens is 2. The lowest BCUT2D eigenvalue weighted by molar-refractivity contribution is 1.43. The van der Waals surface area contributed by atoms with Gasteiger partial charge in [0.05, 0.1) is 11.0 Å². The normalized spacial score (nSPS) is 11.8. The molecule has 2 heteroatoms. The molecule has 40 heavy (non-hydrogen) atoms. The molecule has 190 valence electrons. The fourth-order valence-electron chi connectivity index (χ4n) is 6.60. The Bertz CT molecular complexity index is 2230. The number of aromatic amines is 2. The van der Waals surface area contributed by atoms with E-state index in [4.69, 9.17) is 0 Å². The first-order chi connectivity index (χ1) is 19.7. The van der Waals surface area contributed by atoms with E-state index in [0.29, 0.717) is 0 Å². The average Bonchev–Trinajstić information content (AvgIpc) is 3.56. The molecular weight excluding hydrogens is 484 g/mol. The van der Waals surface area contributed by atoms with Crippen LogP contribution < -0.4 is 0 Å². The van der Waals surface area contributed by atoms with Gasteiger partial charge in [-0.3, -0.25) is 0 Å². The van der Waals surface area contributed by atoms with E-state index in [1.165, 1.54) is 82.6 Å². The maximum absolute atomic E-state index is 3.81. The highest BCUT2D eigenvalue weighted by molar-refractivity contribution is 6.18. The highest BCUT2D eigenvalue weighted by Crippen LogP contribution is 2.47. The van der Waals surface area contributed by atoms with Crippen LogP contribution in [0, 0.1) is 13.8 Å². The summed E-state index contributed by atoms with van der Waals surface area (Å²) in [6.45, 7) is 4.47. The lowest BCUT2D eigenvalue weighted by Gasteiger charge is -2.20. The highest BCUT2D eigenvalue weighted by atomic mass is 14.7. The van der Waals surface area contributed by atoms with Crippen molar-refractivity contribution in [3.63, 3.8) is 0 Å². The zero-order chi connectivity index (χ0) is 26.8. The van der Waals surface area contributed by atoms with Gasteiger partial charge in [0.2, 0.25) is 0 Å². The first kappa shape index (κ1) is 22.9. The second-order valence-electron chi connectivity index (χ2n) is 10.8. The van der Waals surface area contributed by atoms with E-state index in [0.717, 1.165) is 5.52 Å². The Hall–Kier alpha value is -5.08. The molecule has 0 bridgehead atoms. The Morgan fingerprint density at radius 1 is 0.375 bits per heavy atom. The number of aryl methyl sites for hydroxylation is 2. The predicted molar refractivity (Wildman–Crippen MR) is 171 cm³/mol. The van der Waals surface area contributed by atoms with Crippen LogP contribution in [0.1, 0.15) is 11.1 Å². The van der Waals surface area contributed by atoms with Crippen molar-refractivity contribution in [1.82, 2.24) is 9.97 Å². The van der Waals surface area contributed by atoms with E-state index < -0.39 is 0 Å². The van der Waals surface area contributed by atoms with Crippen molar-refractivity contribution in [2.24, 2.45) is 0 Å². The molecule has 0 spiro atoms. The smallest absolute Gasteiger partial charge is 0.0547 e. The van der Waals surface area contributed by atoms with Gasteiger partial charge in [-0.15, -0.1) is 0 Å². The topological polar surface area (TPSA) is 31.6 Å². The summed E-state index contributed by atoms with van der Waals surface area (Å²) in [5, 5.41) is 5.03. The molecule has 2 aromatic heterocycles. The molecule has 8 rings (SSSR count). The van der Waals surface area contributed by atoms with Gasteiger partial charge in [0.25, 0.3) is 0 Å².